The number of aryl methyl sites for hydroxylation is 2. The zero-order valence-electron chi connectivity index (χ0n) is 9.08. The van der Waals surface area contributed by atoms with Crippen LogP contribution in [0.2, 0.25) is 0 Å². The lowest BCUT2D eigenvalue weighted by Crippen LogP contribution is -1.80. The summed E-state index contributed by atoms with van der Waals surface area (Å²) in [7, 11) is 0. The van der Waals surface area contributed by atoms with Gasteiger partial charge < -0.3 is 0 Å². The highest BCUT2D eigenvalue weighted by atomic mass is 16.1. The van der Waals surface area contributed by atoms with Gasteiger partial charge in [-0.1, -0.05) is 37.3 Å². The molecule has 0 saturated heterocycles. The van der Waals surface area contributed by atoms with E-state index in [1.165, 1.54) is 16.7 Å². The molecule has 0 saturated carbocycles. The SMILES string of the molecule is CCc1ccc(C)c2ccc(C=O)c-2c1. The van der Waals surface area contributed by atoms with Crippen LogP contribution in [0.1, 0.15) is 28.4 Å². The van der Waals surface area contributed by atoms with E-state index in [0.29, 0.717) is 0 Å². The molecule has 0 heterocycles. The van der Waals surface area contributed by atoms with Crippen LogP contribution in [0.5, 0.6) is 0 Å². The first-order valence-electron chi connectivity index (χ1n) is 5.23. The van der Waals surface area contributed by atoms with Crippen LogP contribution in [-0.4, -0.2) is 6.29 Å². The van der Waals surface area contributed by atoms with Crippen molar-refractivity contribution in [2.24, 2.45) is 0 Å². The van der Waals surface area contributed by atoms with Gasteiger partial charge in [0.25, 0.3) is 0 Å². The van der Waals surface area contributed by atoms with Crippen molar-refractivity contribution in [3.8, 4) is 11.1 Å². The molecule has 1 nitrogen and oxygen atoms in total. The van der Waals surface area contributed by atoms with E-state index in [1.807, 2.05) is 12.1 Å². The standard InChI is InChI=1S/C14H14O/c1-3-11-5-4-10(2)13-7-6-12(9-15)14(13)8-11/h4-9H,3H2,1-2H3. The minimum atomic E-state index is 0.791. The number of hydrogen-bond acceptors (Lipinski definition) is 1. The summed E-state index contributed by atoms with van der Waals surface area (Å²) in [6.45, 7) is 4.20. The molecule has 0 amide bonds. The largest absolute Gasteiger partial charge is 0.298 e. The lowest BCUT2D eigenvalue weighted by molar-refractivity contribution is 0.112. The average Bonchev–Trinajstić information content (AvgIpc) is 2.59. The fraction of sp³-hybridized carbons (Fsp3) is 0.214. The number of hydrogen-bond donors (Lipinski definition) is 0. The molecule has 0 atom stereocenters. The Kier molecular flexibility index (Phi) is 2.55. The van der Waals surface area contributed by atoms with E-state index in [4.69, 9.17) is 0 Å². The van der Waals surface area contributed by atoms with Crippen molar-refractivity contribution in [1.29, 1.82) is 0 Å². The fourth-order valence-electron chi connectivity index (χ4n) is 1.89. The van der Waals surface area contributed by atoms with Crippen molar-refractivity contribution in [2.75, 3.05) is 0 Å². The zero-order chi connectivity index (χ0) is 10.8. The molecule has 2 aliphatic carbocycles. The Morgan fingerprint density at radius 2 is 1.93 bits per heavy atom. The van der Waals surface area contributed by atoms with Crippen LogP contribution >= 0.6 is 0 Å². The van der Waals surface area contributed by atoms with E-state index in [-0.39, 0.29) is 0 Å². The van der Waals surface area contributed by atoms with Gasteiger partial charge in [0.05, 0.1) is 0 Å². The third kappa shape index (κ3) is 1.65. The highest BCUT2D eigenvalue weighted by Gasteiger charge is 2.10. The second-order valence-electron chi connectivity index (χ2n) is 3.82. The van der Waals surface area contributed by atoms with E-state index in [1.54, 1.807) is 0 Å². The van der Waals surface area contributed by atoms with Gasteiger partial charge in [0.2, 0.25) is 0 Å². The Bertz CT molecular complexity index is 471. The van der Waals surface area contributed by atoms with Crippen LogP contribution < -0.4 is 0 Å². The fourth-order valence-corrected chi connectivity index (χ4v) is 1.89. The molecule has 0 N–H and O–H groups in total. The minimum Gasteiger partial charge on any atom is -0.298 e. The van der Waals surface area contributed by atoms with Crippen LogP contribution in [0.3, 0.4) is 0 Å². The molecule has 2 rings (SSSR count). The Balaban J connectivity index is 2.74. The van der Waals surface area contributed by atoms with Crippen molar-refractivity contribution >= 4 is 6.29 Å². The number of aldehydes is 1. The minimum absolute atomic E-state index is 0.791. The quantitative estimate of drug-likeness (QED) is 0.675. The highest BCUT2D eigenvalue weighted by Crippen LogP contribution is 2.29. The van der Waals surface area contributed by atoms with E-state index in [2.05, 4.69) is 32.0 Å². The lowest BCUT2D eigenvalue weighted by atomic mass is 10.1. The summed E-state index contributed by atoms with van der Waals surface area (Å²) in [5, 5.41) is 0. The first kappa shape index (κ1) is 9.91. The van der Waals surface area contributed by atoms with Crippen LogP contribution in [-0.2, 0) is 6.42 Å². The maximum Gasteiger partial charge on any atom is 0.150 e. The van der Waals surface area contributed by atoms with Crippen LogP contribution in [0, 0.1) is 6.92 Å². The number of rotatable bonds is 2. The van der Waals surface area contributed by atoms with Gasteiger partial charge in [-0.05, 0) is 35.6 Å². The van der Waals surface area contributed by atoms with Crippen LogP contribution in [0.4, 0.5) is 0 Å². The van der Waals surface area contributed by atoms with Crippen LogP contribution in [0.25, 0.3) is 11.1 Å². The Labute approximate surface area is 90.1 Å². The van der Waals surface area contributed by atoms with E-state index in [9.17, 15) is 4.79 Å². The molecule has 0 fully saturated rings. The first-order chi connectivity index (χ1) is 7.26. The molecule has 0 aliphatic heterocycles. The normalized spacial score (nSPS) is 10.5. The van der Waals surface area contributed by atoms with E-state index < -0.39 is 0 Å². The van der Waals surface area contributed by atoms with Gasteiger partial charge >= 0.3 is 0 Å². The van der Waals surface area contributed by atoms with Crippen molar-refractivity contribution in [3.05, 3.63) is 47.0 Å². The predicted octanol–water partition coefficient (Wildman–Crippen LogP) is 3.47. The summed E-state index contributed by atoms with van der Waals surface area (Å²) in [5.74, 6) is 0. The molecule has 76 valence electrons. The summed E-state index contributed by atoms with van der Waals surface area (Å²) >= 11 is 0. The molecular formula is C14H14O. The van der Waals surface area contributed by atoms with Crippen molar-refractivity contribution in [2.45, 2.75) is 20.3 Å². The molecule has 0 bridgehead atoms. The Morgan fingerprint density at radius 3 is 2.60 bits per heavy atom. The Morgan fingerprint density at radius 1 is 1.13 bits per heavy atom. The maximum atomic E-state index is 10.9. The molecule has 0 spiro atoms. The summed E-state index contributed by atoms with van der Waals surface area (Å²) in [6, 6.07) is 10.3. The number of carbonyl (C=O) groups excluding carboxylic acids is 1. The topological polar surface area (TPSA) is 17.1 Å². The van der Waals surface area contributed by atoms with Gasteiger partial charge in [-0.25, -0.2) is 0 Å². The maximum absolute atomic E-state index is 10.9. The predicted molar refractivity (Wildman–Crippen MR) is 62.6 cm³/mol. The average molecular weight is 198 g/mol. The van der Waals surface area contributed by atoms with Crippen molar-refractivity contribution in [1.82, 2.24) is 0 Å². The Hall–Kier alpha value is -1.63. The molecule has 0 radical (unpaired) electrons. The molecule has 2 aliphatic rings. The zero-order valence-corrected chi connectivity index (χ0v) is 9.08. The number of fused-ring (bicyclic) bond motifs is 1. The molecule has 0 aromatic heterocycles. The van der Waals surface area contributed by atoms with E-state index >= 15 is 0 Å². The van der Waals surface area contributed by atoms with Crippen LogP contribution in [0.15, 0.2) is 30.3 Å². The smallest absolute Gasteiger partial charge is 0.150 e. The second kappa shape index (κ2) is 3.85. The molecule has 0 aromatic carbocycles. The molecule has 15 heavy (non-hydrogen) atoms. The van der Waals surface area contributed by atoms with Crippen molar-refractivity contribution in [3.63, 3.8) is 0 Å². The third-order valence-corrected chi connectivity index (χ3v) is 2.87. The summed E-state index contributed by atoms with van der Waals surface area (Å²) in [5.41, 5.74) is 5.53. The number of carbonyl (C=O) groups is 1. The molecule has 0 aromatic rings. The van der Waals surface area contributed by atoms with Gasteiger partial charge in [0.1, 0.15) is 0 Å². The van der Waals surface area contributed by atoms with Gasteiger partial charge in [-0.15, -0.1) is 0 Å². The van der Waals surface area contributed by atoms with Gasteiger partial charge in [-0.2, -0.15) is 0 Å². The molecular weight excluding hydrogens is 184 g/mol. The summed E-state index contributed by atoms with van der Waals surface area (Å²) in [4.78, 5) is 10.9. The van der Waals surface area contributed by atoms with E-state index in [0.717, 1.165) is 23.8 Å². The summed E-state index contributed by atoms with van der Waals surface area (Å²) in [6.07, 6.45) is 1.92. The first-order valence-corrected chi connectivity index (χ1v) is 5.23. The van der Waals surface area contributed by atoms with Crippen molar-refractivity contribution < 1.29 is 4.79 Å². The monoisotopic (exact) mass is 198 g/mol. The highest BCUT2D eigenvalue weighted by molar-refractivity contribution is 5.90. The van der Waals surface area contributed by atoms with Gasteiger partial charge in [-0.3, -0.25) is 4.79 Å². The molecule has 1 heteroatoms. The molecule has 0 unspecified atom stereocenters. The van der Waals surface area contributed by atoms with Gasteiger partial charge in [0.15, 0.2) is 6.29 Å². The second-order valence-corrected chi connectivity index (χ2v) is 3.82. The third-order valence-electron chi connectivity index (χ3n) is 2.87. The summed E-state index contributed by atoms with van der Waals surface area (Å²) < 4.78 is 0. The van der Waals surface area contributed by atoms with Gasteiger partial charge in [0, 0.05) is 5.56 Å². The lowest BCUT2D eigenvalue weighted by Gasteiger charge is -1.98.